The predicted octanol–water partition coefficient (Wildman–Crippen LogP) is 7.07. The Morgan fingerprint density at radius 1 is 0.744 bits per heavy atom. The van der Waals surface area contributed by atoms with Crippen LogP contribution in [0.25, 0.3) is 22.1 Å². The molecule has 1 heterocycles. The second-order valence-electron chi connectivity index (χ2n) is 11.2. The Balaban J connectivity index is 2.08. The van der Waals surface area contributed by atoms with Gasteiger partial charge in [-0.1, -0.05) is 53.7 Å². The first kappa shape index (κ1) is 32.4. The average Bonchev–Trinajstić information content (AvgIpc) is 2.96. The van der Waals surface area contributed by atoms with Crippen LogP contribution in [0.2, 0.25) is 0 Å². The molecule has 0 saturated carbocycles. The quantitative estimate of drug-likeness (QED) is 0.127. The highest BCUT2D eigenvalue weighted by molar-refractivity contribution is 7.92. The van der Waals surface area contributed by atoms with Crippen molar-refractivity contribution in [3.8, 4) is 11.5 Å². The average molecular weight is 610 g/mol. The van der Waals surface area contributed by atoms with Crippen LogP contribution in [0.4, 0.5) is 5.69 Å². The summed E-state index contributed by atoms with van der Waals surface area (Å²) in [6, 6.07) is 12.6. The molecule has 4 rings (SSSR count). The Hall–Kier alpha value is -3.47. The van der Waals surface area contributed by atoms with Crippen molar-refractivity contribution in [1.82, 2.24) is 9.97 Å². The molecule has 1 N–H and O–H groups in total. The summed E-state index contributed by atoms with van der Waals surface area (Å²) in [6.45, 7) is 15.8. The summed E-state index contributed by atoms with van der Waals surface area (Å²) in [6.07, 6.45) is 0. The minimum absolute atomic E-state index is 0.00327. The molecule has 0 saturated heterocycles. The number of aliphatic hydroxyl groups excluding tert-OH is 1. The van der Waals surface area contributed by atoms with E-state index in [1.807, 2.05) is 65.8 Å². The normalized spacial score (nSPS) is 12.2. The first-order valence-corrected chi connectivity index (χ1v) is 16.4. The van der Waals surface area contributed by atoms with Gasteiger partial charge in [-0.15, -0.1) is 4.47 Å². The summed E-state index contributed by atoms with van der Waals surface area (Å²) in [5.74, 6) is 0.258. The van der Waals surface area contributed by atoms with E-state index in [1.54, 1.807) is 32.0 Å². The van der Waals surface area contributed by atoms with Crippen LogP contribution < -0.4 is 13.9 Å². The van der Waals surface area contributed by atoms with Crippen LogP contribution >= 0.6 is 0 Å². The van der Waals surface area contributed by atoms with Gasteiger partial charge >= 0.3 is 0 Å². The number of para-hydroxylation sites is 2. The maximum absolute atomic E-state index is 15.0. The minimum atomic E-state index is -4.41. The van der Waals surface area contributed by atoms with Crippen molar-refractivity contribution in [1.29, 1.82) is 0 Å². The number of hydrogen-bond donors (Lipinski definition) is 1. The number of sulfonamides is 1. The molecule has 232 valence electrons. The Morgan fingerprint density at radius 3 is 1.86 bits per heavy atom. The molecule has 0 unspecified atom stereocenters. The van der Waals surface area contributed by atoms with Crippen LogP contribution in [0.1, 0.15) is 89.8 Å². The van der Waals surface area contributed by atoms with Crippen LogP contribution in [0, 0.1) is 0 Å². The van der Waals surface area contributed by atoms with Crippen LogP contribution in [-0.2, 0) is 14.9 Å². The van der Waals surface area contributed by atoms with E-state index in [4.69, 9.17) is 19.3 Å². The summed E-state index contributed by atoms with van der Waals surface area (Å²) < 4.78 is 43.1. The Bertz CT molecular complexity index is 1700. The van der Waals surface area contributed by atoms with E-state index in [0.717, 1.165) is 21.1 Å². The molecule has 0 bridgehead atoms. The Kier molecular flexibility index (Phi) is 10.1. The van der Waals surface area contributed by atoms with E-state index >= 15 is 0 Å². The predicted molar refractivity (Wildman–Crippen MR) is 171 cm³/mol. The van der Waals surface area contributed by atoms with Gasteiger partial charge in [0.2, 0.25) is 0 Å². The highest BCUT2D eigenvalue weighted by atomic mass is 32.2. The zero-order valence-electron chi connectivity index (χ0n) is 26.3. The number of aliphatic hydroxyl groups is 1. The van der Waals surface area contributed by atoms with Crippen molar-refractivity contribution < 1.29 is 27.8 Å². The van der Waals surface area contributed by atoms with Crippen LogP contribution in [-0.4, -0.2) is 49.9 Å². The standard InChI is InChI=1S/C33H43N3O6S/c1-9-40-32-31(41-18-17-37)29(21(5)6)28(20(3)4)30(22(7)8)33(32)43(38,39)36(42-10-2)23-15-16-26-27(19-23)35-25-14-12-11-13-24(25)34-26/h11-16,19-22,37H,9-10,17-18H2,1-8H3. The molecule has 0 aliphatic heterocycles. The lowest BCUT2D eigenvalue weighted by molar-refractivity contribution is 0.162. The third kappa shape index (κ3) is 6.27. The maximum Gasteiger partial charge on any atom is 0.290 e. The minimum Gasteiger partial charge on any atom is -0.489 e. The number of nitrogens with zero attached hydrogens (tertiary/aromatic N) is 3. The molecule has 0 spiro atoms. The fourth-order valence-electron chi connectivity index (χ4n) is 5.53. The molecular formula is C33H43N3O6S. The molecule has 10 heteroatoms. The fourth-order valence-corrected chi connectivity index (χ4v) is 7.34. The molecule has 3 aromatic carbocycles. The smallest absolute Gasteiger partial charge is 0.290 e. The number of hydrogen-bond acceptors (Lipinski definition) is 8. The van der Waals surface area contributed by atoms with Gasteiger partial charge in [0.1, 0.15) is 11.5 Å². The summed E-state index contributed by atoms with van der Waals surface area (Å²) in [5.41, 5.74) is 5.35. The molecule has 0 aliphatic carbocycles. The molecule has 9 nitrogen and oxygen atoms in total. The number of ether oxygens (including phenoxy) is 2. The van der Waals surface area contributed by atoms with Crippen molar-refractivity contribution in [3.63, 3.8) is 0 Å². The number of anilines is 1. The number of benzene rings is 3. The van der Waals surface area contributed by atoms with Gasteiger partial charge < -0.3 is 14.6 Å². The van der Waals surface area contributed by atoms with Crippen LogP contribution in [0.5, 0.6) is 11.5 Å². The molecule has 0 aliphatic rings. The lowest BCUT2D eigenvalue weighted by Gasteiger charge is -2.32. The summed E-state index contributed by atoms with van der Waals surface area (Å²) in [5, 5.41) is 9.66. The number of fused-ring (bicyclic) bond motifs is 2. The topological polar surface area (TPSA) is 111 Å². The largest absolute Gasteiger partial charge is 0.489 e. The van der Waals surface area contributed by atoms with Crippen LogP contribution in [0.3, 0.4) is 0 Å². The fraction of sp³-hybridized carbons (Fsp3) is 0.455. The number of rotatable bonds is 13. The third-order valence-electron chi connectivity index (χ3n) is 7.10. The van der Waals surface area contributed by atoms with Gasteiger partial charge in [-0.3, -0.25) is 4.84 Å². The SMILES string of the molecule is CCOc1c(OCCO)c(C(C)C)c(C(C)C)c(C(C)C)c1S(=O)(=O)N(OCC)c1ccc2nc3ccccc3nc2c1. The van der Waals surface area contributed by atoms with Crippen molar-refractivity contribution in [2.24, 2.45) is 0 Å². The Labute approximate surface area is 254 Å². The lowest BCUT2D eigenvalue weighted by atomic mass is 9.82. The van der Waals surface area contributed by atoms with Crippen molar-refractivity contribution >= 4 is 37.8 Å². The highest BCUT2D eigenvalue weighted by Gasteiger charge is 2.39. The van der Waals surface area contributed by atoms with Gasteiger partial charge in [0, 0.05) is 5.56 Å². The van der Waals surface area contributed by atoms with E-state index < -0.39 is 10.0 Å². The molecule has 43 heavy (non-hydrogen) atoms. The Morgan fingerprint density at radius 2 is 1.33 bits per heavy atom. The highest BCUT2D eigenvalue weighted by Crippen LogP contribution is 2.51. The van der Waals surface area contributed by atoms with Gasteiger partial charge in [0.15, 0.2) is 11.5 Å². The van der Waals surface area contributed by atoms with E-state index in [0.29, 0.717) is 27.9 Å². The molecule has 0 fully saturated rings. The molecule has 1 aromatic heterocycles. The lowest BCUT2D eigenvalue weighted by Crippen LogP contribution is -2.33. The summed E-state index contributed by atoms with van der Waals surface area (Å²) >= 11 is 0. The van der Waals surface area contributed by atoms with Crippen molar-refractivity contribution in [2.45, 2.75) is 78.0 Å². The van der Waals surface area contributed by atoms with E-state index in [1.165, 1.54) is 0 Å². The zero-order valence-corrected chi connectivity index (χ0v) is 27.2. The zero-order chi connectivity index (χ0) is 31.5. The first-order chi connectivity index (χ1) is 20.5. The molecule has 0 amide bonds. The monoisotopic (exact) mass is 609 g/mol. The van der Waals surface area contributed by atoms with Crippen molar-refractivity contribution in [2.75, 3.05) is 30.9 Å². The van der Waals surface area contributed by atoms with E-state index in [2.05, 4.69) is 4.98 Å². The van der Waals surface area contributed by atoms with Gasteiger partial charge in [0.25, 0.3) is 10.0 Å². The number of aromatic nitrogens is 2. The molecule has 0 atom stereocenters. The van der Waals surface area contributed by atoms with E-state index in [-0.39, 0.29) is 60.5 Å². The van der Waals surface area contributed by atoms with Crippen LogP contribution in [0.15, 0.2) is 47.4 Å². The van der Waals surface area contributed by atoms with E-state index in [9.17, 15) is 13.5 Å². The summed E-state index contributed by atoms with van der Waals surface area (Å²) in [4.78, 5) is 15.3. The van der Waals surface area contributed by atoms with Gasteiger partial charge in [-0.25, -0.2) is 9.97 Å². The third-order valence-corrected chi connectivity index (χ3v) is 8.77. The first-order valence-electron chi connectivity index (χ1n) is 14.9. The van der Waals surface area contributed by atoms with Gasteiger partial charge in [0.05, 0.1) is 47.6 Å². The van der Waals surface area contributed by atoms with Gasteiger partial charge in [-0.05, 0) is 73.1 Å². The van der Waals surface area contributed by atoms with Crippen molar-refractivity contribution in [3.05, 3.63) is 59.2 Å². The second-order valence-corrected chi connectivity index (χ2v) is 12.9. The maximum atomic E-state index is 15.0. The molecular weight excluding hydrogens is 566 g/mol. The van der Waals surface area contributed by atoms with Gasteiger partial charge in [-0.2, -0.15) is 8.42 Å². The molecule has 0 radical (unpaired) electrons. The molecule has 4 aromatic rings. The summed E-state index contributed by atoms with van der Waals surface area (Å²) in [7, 11) is -4.41. The second kappa shape index (κ2) is 13.4.